The average Bonchev–Trinajstić information content (AvgIpc) is 0.751. The molecule has 7 saturated heterocycles. The fourth-order valence-corrected chi connectivity index (χ4v) is 18.8. The van der Waals surface area contributed by atoms with Crippen LogP contribution in [-0.4, -0.2) is 337 Å². The topological polar surface area (TPSA) is 264 Å². The maximum absolute atomic E-state index is 13.3. The van der Waals surface area contributed by atoms with Gasteiger partial charge < -0.3 is 58.9 Å². The Morgan fingerprint density at radius 1 is 0.400 bits per heavy atom. The van der Waals surface area contributed by atoms with E-state index < -0.39 is 69.6 Å². The second-order valence-electron chi connectivity index (χ2n) is 35.2. The number of rotatable bonds is 14. The first kappa shape index (κ1) is 105. The van der Waals surface area contributed by atoms with Crippen LogP contribution in [0.25, 0.3) is 0 Å². The van der Waals surface area contributed by atoms with Crippen molar-refractivity contribution < 1.29 is 86.2 Å². The minimum absolute atomic E-state index is 0.0475. The SMILES string of the molecule is CC(C)(C)OC(=O)N1CC(=O)C1.CN(C)C(=O)c1ccc(N2CCN(C3CCC3)CC2)cc1Cl.CN(C)C(=O)c1ccc(N2CCN(C3CN(C(=O)OC(C)(C)C)C3)CC2)cc1Cl.CN(C)C(=O)c1ccc(N2CCN(C3CN(S(=O)(=O)c4ccccc4C(F)(F)F)C3)CC2)cc1Cl.CN(C)C(=O)c1ccc(N2CCNCC2)cc1Cl.O=S(=O)(Cl)c1ccccc1C(F)(F)F. The van der Waals surface area contributed by atoms with Gasteiger partial charge in [-0.1, -0.05) is 77.1 Å². The molecule has 6 aromatic carbocycles. The summed E-state index contributed by atoms with van der Waals surface area (Å²) in [5.41, 5.74) is 2.88. The summed E-state index contributed by atoms with van der Waals surface area (Å²) in [6.45, 7) is 27.8. The number of amides is 6. The molecule has 0 aromatic heterocycles. The third-order valence-corrected chi connectivity index (χ3v) is 27.0. The number of hydrogen-bond donors (Lipinski definition) is 1. The lowest BCUT2D eigenvalue weighted by atomic mass is 9.91. The molecule has 0 bridgehead atoms. The minimum atomic E-state index is -4.74. The van der Waals surface area contributed by atoms with E-state index in [0.29, 0.717) is 80.6 Å². The third kappa shape index (κ3) is 28.7. The number of carbonyl (C=O) groups is 7. The van der Waals surface area contributed by atoms with Gasteiger partial charge in [0.25, 0.3) is 32.7 Å². The van der Waals surface area contributed by atoms with Crippen molar-refractivity contribution in [2.75, 3.05) is 220 Å². The van der Waals surface area contributed by atoms with Gasteiger partial charge in [0, 0.05) is 239 Å². The summed E-state index contributed by atoms with van der Waals surface area (Å²) in [6.07, 6.45) is -5.97. The molecule has 714 valence electrons. The van der Waals surface area contributed by atoms with Gasteiger partial charge in [-0.2, -0.15) is 30.6 Å². The smallest absolute Gasteiger partial charge is 0.417 e. The zero-order valence-electron chi connectivity index (χ0n) is 75.5. The number of halogens is 11. The van der Waals surface area contributed by atoms with Crippen LogP contribution in [0.1, 0.15) is 113 Å². The Labute approximate surface area is 782 Å². The van der Waals surface area contributed by atoms with Gasteiger partial charge in [-0.05, 0) is 151 Å². The van der Waals surface area contributed by atoms with Crippen molar-refractivity contribution in [1.82, 2.24) is 53.7 Å². The number of alkyl halides is 6. The zero-order chi connectivity index (χ0) is 96.0. The average molecular weight is 1960 g/mol. The highest BCUT2D eigenvalue weighted by Gasteiger charge is 2.46. The molecule has 0 radical (unpaired) electrons. The Kier molecular flexibility index (Phi) is 36.3. The second-order valence-corrected chi connectivity index (χ2v) is 41.2. The van der Waals surface area contributed by atoms with Crippen LogP contribution in [-0.2, 0) is 45.7 Å². The highest BCUT2D eigenvalue weighted by Crippen LogP contribution is 2.40. The fraction of sp³-hybridized carbons (Fsp3) is 0.517. The molecule has 1 saturated carbocycles. The van der Waals surface area contributed by atoms with Crippen molar-refractivity contribution in [1.29, 1.82) is 0 Å². The van der Waals surface area contributed by atoms with Gasteiger partial charge in [0.2, 0.25) is 10.0 Å². The normalized spacial score (nSPS) is 17.6. The molecule has 0 atom stereocenters. The van der Waals surface area contributed by atoms with Crippen LogP contribution in [0.5, 0.6) is 0 Å². The van der Waals surface area contributed by atoms with Crippen LogP contribution in [0.4, 0.5) is 58.7 Å². The molecule has 1 aliphatic carbocycles. The van der Waals surface area contributed by atoms with E-state index in [-0.39, 0.29) is 67.7 Å². The molecule has 7 aliphatic heterocycles. The van der Waals surface area contributed by atoms with Crippen LogP contribution in [0.15, 0.2) is 131 Å². The fourth-order valence-electron chi connectivity index (χ4n) is 15.0. The monoisotopic (exact) mass is 1960 g/mol. The van der Waals surface area contributed by atoms with Crippen LogP contribution in [0.3, 0.4) is 0 Å². The maximum atomic E-state index is 13.3. The lowest BCUT2D eigenvalue weighted by molar-refractivity contribution is -0.140. The summed E-state index contributed by atoms with van der Waals surface area (Å²) in [6, 6.07) is 31.6. The number of carbonyl (C=O) groups excluding carboxylic acids is 7. The number of anilines is 4. The molecular weight excluding hydrogens is 1840 g/mol. The van der Waals surface area contributed by atoms with Crippen molar-refractivity contribution in [2.24, 2.45) is 0 Å². The predicted octanol–water partition coefficient (Wildman–Crippen LogP) is 13.6. The molecule has 6 amide bonds. The van der Waals surface area contributed by atoms with Gasteiger partial charge in [-0.3, -0.25) is 43.6 Å². The first-order chi connectivity index (χ1) is 60.7. The molecule has 41 heteroatoms. The van der Waals surface area contributed by atoms with E-state index in [2.05, 4.69) is 39.6 Å². The van der Waals surface area contributed by atoms with Crippen LogP contribution >= 0.6 is 57.1 Å². The largest absolute Gasteiger partial charge is 0.444 e. The van der Waals surface area contributed by atoms with Gasteiger partial charge in [0.05, 0.1) is 76.4 Å². The van der Waals surface area contributed by atoms with Crippen LogP contribution in [0.2, 0.25) is 20.1 Å². The summed E-state index contributed by atoms with van der Waals surface area (Å²) in [4.78, 5) is 106. The van der Waals surface area contributed by atoms with Crippen molar-refractivity contribution in [3.63, 3.8) is 0 Å². The molecule has 0 spiro atoms. The highest BCUT2D eigenvalue weighted by molar-refractivity contribution is 8.13. The number of Topliss-reactive ketones (excluding diaryl/α,β-unsaturated/α-hetero) is 1. The Hall–Kier alpha value is -8.66. The van der Waals surface area contributed by atoms with E-state index in [0.717, 1.165) is 149 Å². The summed E-state index contributed by atoms with van der Waals surface area (Å²) in [5, 5.41) is 5.23. The Morgan fingerprint density at radius 3 is 0.969 bits per heavy atom. The summed E-state index contributed by atoms with van der Waals surface area (Å²) in [5.74, 6) is -0.293. The molecule has 130 heavy (non-hydrogen) atoms. The van der Waals surface area contributed by atoms with Crippen molar-refractivity contribution >= 4 is 141 Å². The Balaban J connectivity index is 0.000000182. The standard InChI is InChI=1S/C23H26ClF3N4O3S.C21H31ClN4O3.C17H24ClN3O.C13H18ClN3O.C8H13NO3.C7H4ClF3O2S/c1-28(2)22(32)18-8-7-16(13-20(18)24)29-9-11-30(12-10-29)17-14-31(15-17)35(33,34)21-6-4-3-5-19(21)23(25,26)27;1-21(2,3)29-20(28)26-13-16(14-26)25-10-8-24(9-11-25)15-6-7-17(18(22)12-15)19(27)23(4)5;1-19(2)17(22)15-7-6-14(12-16(15)18)21-10-8-20(9-11-21)13-4-3-5-13;1-16(2)13(18)11-4-3-10(9-12(11)14)17-7-5-15-6-8-17;1-8(2,3)12-7(11)9-4-6(10)5-9;8-14(12,13)6-4-2-1-3-5(6)7(9,10)11/h3-8,13,17H,9-12,14-15H2,1-2H3;6-7,12,16H,8-11,13-14H2,1-5H3;6-7,12-13H,3-5,8-11H2,1-2H3;3-4,9,15H,5-8H2,1-2H3;4-5H2,1-3H3;1-4H. The quantitative estimate of drug-likeness (QED) is 0.0784. The second kappa shape index (κ2) is 44.9. The number of likely N-dealkylation sites (tertiary alicyclic amines) is 2. The molecule has 0 unspecified atom stereocenters. The molecule has 14 rings (SSSR count). The number of nitrogens with zero attached hydrogens (tertiary/aromatic N) is 14. The molecule has 28 nitrogen and oxygen atoms in total. The van der Waals surface area contributed by atoms with E-state index in [4.69, 9.17) is 66.6 Å². The number of benzene rings is 6. The Morgan fingerprint density at radius 2 is 0.692 bits per heavy atom. The predicted molar refractivity (Wildman–Crippen MR) is 495 cm³/mol. The van der Waals surface area contributed by atoms with E-state index in [1.165, 1.54) is 57.1 Å². The van der Waals surface area contributed by atoms with Gasteiger partial charge in [-0.25, -0.2) is 26.4 Å². The van der Waals surface area contributed by atoms with Gasteiger partial charge in [0.15, 0.2) is 5.78 Å². The molecule has 8 fully saturated rings. The van der Waals surface area contributed by atoms with E-state index in [9.17, 15) is 76.7 Å². The number of nitrogens with one attached hydrogen (secondary N) is 1. The number of ether oxygens (including phenoxy) is 2. The van der Waals surface area contributed by atoms with Crippen LogP contribution in [0, 0.1) is 0 Å². The van der Waals surface area contributed by atoms with Crippen molar-refractivity contribution in [2.45, 2.75) is 112 Å². The molecule has 8 aliphatic rings. The Bertz CT molecular complexity index is 5190. The molecular formula is C89H116Cl5F6N15O13S2. The summed E-state index contributed by atoms with van der Waals surface area (Å²) >= 11 is 25.2. The van der Waals surface area contributed by atoms with E-state index in [1.54, 1.807) is 105 Å². The maximum Gasteiger partial charge on any atom is 0.417 e. The van der Waals surface area contributed by atoms with Crippen LogP contribution < -0.4 is 24.9 Å². The highest BCUT2D eigenvalue weighted by atomic mass is 35.7. The van der Waals surface area contributed by atoms with Crippen molar-refractivity contribution in [3.8, 4) is 0 Å². The summed E-state index contributed by atoms with van der Waals surface area (Å²) in [7, 11) is 9.94. The number of hydrogen-bond acceptors (Lipinski definition) is 21. The molecule has 1 N–H and O–H groups in total. The zero-order valence-corrected chi connectivity index (χ0v) is 80.9. The van der Waals surface area contributed by atoms with Gasteiger partial charge in [0.1, 0.15) is 11.2 Å². The van der Waals surface area contributed by atoms with Gasteiger partial charge >= 0.3 is 24.5 Å². The molecule has 7 heterocycles. The number of ketones is 1. The number of piperazine rings is 4. The number of sulfonamides is 1. The van der Waals surface area contributed by atoms with E-state index in [1.807, 2.05) is 75.4 Å². The third-order valence-electron chi connectivity index (χ3n) is 22.5. The minimum Gasteiger partial charge on any atom is -0.444 e. The lowest BCUT2D eigenvalue weighted by Gasteiger charge is -2.48. The van der Waals surface area contributed by atoms with Gasteiger partial charge in [-0.15, -0.1) is 0 Å². The summed E-state index contributed by atoms with van der Waals surface area (Å²) < 4.78 is 135. The molecule has 6 aromatic rings. The first-order valence-electron chi connectivity index (χ1n) is 42.4. The van der Waals surface area contributed by atoms with E-state index >= 15 is 0 Å². The first-order valence-corrected chi connectivity index (χ1v) is 47.7. The lowest BCUT2D eigenvalue weighted by Crippen LogP contribution is -2.64. The van der Waals surface area contributed by atoms with Crippen molar-refractivity contribution in [3.05, 3.63) is 175 Å².